The van der Waals surface area contributed by atoms with Crippen molar-refractivity contribution in [3.05, 3.63) is 51.0 Å². The quantitative estimate of drug-likeness (QED) is 0.802. The van der Waals surface area contributed by atoms with Crippen molar-refractivity contribution < 1.29 is 9.90 Å². The molecule has 1 aromatic carbocycles. The first-order chi connectivity index (χ1) is 11.5. The summed E-state index contributed by atoms with van der Waals surface area (Å²) in [5.74, 6) is -0.174. The second-order valence-electron chi connectivity index (χ2n) is 6.76. The highest BCUT2D eigenvalue weighted by Crippen LogP contribution is 2.38. The van der Waals surface area contributed by atoms with E-state index in [1.807, 2.05) is 20.0 Å². The highest BCUT2D eigenvalue weighted by atomic mass is 32.1. The van der Waals surface area contributed by atoms with E-state index in [4.69, 9.17) is 0 Å². The van der Waals surface area contributed by atoms with Crippen molar-refractivity contribution in [1.82, 2.24) is 10.3 Å². The fraction of sp³-hybridized carbons (Fsp3) is 0.474. The first kappa shape index (κ1) is 17.1. The van der Waals surface area contributed by atoms with Crippen LogP contribution in [0.2, 0.25) is 0 Å². The van der Waals surface area contributed by atoms with Crippen LogP contribution >= 0.6 is 11.3 Å². The van der Waals surface area contributed by atoms with Crippen LogP contribution in [-0.2, 0) is 17.8 Å². The molecule has 2 N–H and O–H groups in total. The Morgan fingerprint density at radius 1 is 1.33 bits per heavy atom. The molecule has 1 unspecified atom stereocenters. The Kier molecular flexibility index (Phi) is 5.31. The lowest BCUT2D eigenvalue weighted by atomic mass is 9.86. The highest BCUT2D eigenvalue weighted by molar-refractivity contribution is 7.11. The molecule has 3 rings (SSSR count). The van der Waals surface area contributed by atoms with Gasteiger partial charge in [-0.2, -0.15) is 0 Å². The summed E-state index contributed by atoms with van der Waals surface area (Å²) in [5.41, 5.74) is 3.40. The maximum atomic E-state index is 11.6. The molecule has 2 aromatic rings. The molecular formula is C19H24N2O2S. The summed E-state index contributed by atoms with van der Waals surface area (Å²) < 4.78 is 0. The van der Waals surface area contributed by atoms with Gasteiger partial charge in [0.25, 0.3) is 0 Å². The van der Waals surface area contributed by atoms with Gasteiger partial charge in [-0.1, -0.05) is 35.7 Å². The topological polar surface area (TPSA) is 62.2 Å². The normalized spacial score (nSPS) is 15.9. The van der Waals surface area contributed by atoms with Crippen molar-refractivity contribution in [2.45, 2.75) is 58.0 Å². The van der Waals surface area contributed by atoms with Crippen molar-refractivity contribution in [2.24, 2.45) is 0 Å². The number of hydrogen-bond acceptors (Lipinski definition) is 4. The summed E-state index contributed by atoms with van der Waals surface area (Å²) in [7, 11) is 0. The Morgan fingerprint density at radius 3 is 2.62 bits per heavy atom. The van der Waals surface area contributed by atoms with Crippen molar-refractivity contribution in [2.75, 3.05) is 0 Å². The van der Waals surface area contributed by atoms with Gasteiger partial charge in [0.2, 0.25) is 0 Å². The van der Waals surface area contributed by atoms with Gasteiger partial charge in [0.05, 0.1) is 5.01 Å². The van der Waals surface area contributed by atoms with E-state index in [1.54, 1.807) is 11.3 Å². The number of thiazole rings is 1. The predicted octanol–water partition coefficient (Wildman–Crippen LogP) is 3.81. The first-order valence-electron chi connectivity index (χ1n) is 8.49. The van der Waals surface area contributed by atoms with E-state index in [2.05, 4.69) is 28.5 Å². The molecule has 1 aromatic heterocycles. The van der Waals surface area contributed by atoms with Gasteiger partial charge in [0, 0.05) is 23.5 Å². The molecule has 5 heteroatoms. The molecule has 0 saturated heterocycles. The van der Waals surface area contributed by atoms with Gasteiger partial charge < -0.3 is 5.11 Å². The smallest absolute Gasteiger partial charge is 0.321 e. The maximum absolute atomic E-state index is 11.6. The minimum absolute atomic E-state index is 0.492. The predicted molar refractivity (Wildman–Crippen MR) is 96.6 cm³/mol. The third-order valence-electron chi connectivity index (χ3n) is 4.57. The summed E-state index contributed by atoms with van der Waals surface area (Å²) in [4.78, 5) is 17.2. The third kappa shape index (κ3) is 4.22. The van der Waals surface area contributed by atoms with Crippen LogP contribution in [0.1, 0.15) is 51.8 Å². The van der Waals surface area contributed by atoms with Crippen LogP contribution in [0, 0.1) is 13.8 Å². The second kappa shape index (κ2) is 7.45. The number of aliphatic carboxylic acids is 1. The first-order valence-corrected chi connectivity index (χ1v) is 9.31. The van der Waals surface area contributed by atoms with Crippen LogP contribution in [0.15, 0.2) is 24.4 Å². The Morgan fingerprint density at radius 2 is 2.04 bits per heavy atom. The number of nitrogens with one attached hydrogen (secondary N) is 1. The maximum Gasteiger partial charge on any atom is 0.321 e. The van der Waals surface area contributed by atoms with Crippen LogP contribution in [-0.4, -0.2) is 22.1 Å². The molecule has 0 amide bonds. The molecule has 1 aliphatic carbocycles. The third-order valence-corrected chi connectivity index (χ3v) is 5.73. The summed E-state index contributed by atoms with van der Waals surface area (Å²) in [5, 5.41) is 13.9. The van der Waals surface area contributed by atoms with Crippen LogP contribution in [0.4, 0.5) is 0 Å². The zero-order chi connectivity index (χ0) is 17.1. The van der Waals surface area contributed by atoms with E-state index < -0.39 is 12.0 Å². The highest BCUT2D eigenvalue weighted by Gasteiger charge is 2.23. The molecule has 128 valence electrons. The summed E-state index contributed by atoms with van der Waals surface area (Å²) in [6.07, 6.45) is 6.16. The number of carboxylic acids is 1. The van der Waals surface area contributed by atoms with Crippen LogP contribution in [0.5, 0.6) is 0 Å². The molecule has 1 fully saturated rings. The second-order valence-corrected chi connectivity index (χ2v) is 7.91. The number of aryl methyl sites for hydroxylation is 2. The Hall–Kier alpha value is -1.72. The van der Waals surface area contributed by atoms with Crippen molar-refractivity contribution in [3.63, 3.8) is 0 Å². The lowest BCUT2D eigenvalue weighted by molar-refractivity contribution is -0.139. The Balaban J connectivity index is 1.61. The molecule has 0 radical (unpaired) electrons. The van der Waals surface area contributed by atoms with Gasteiger partial charge in [-0.25, -0.2) is 4.98 Å². The zero-order valence-corrected chi connectivity index (χ0v) is 15.0. The van der Waals surface area contributed by atoms with E-state index in [1.165, 1.54) is 35.4 Å². The van der Waals surface area contributed by atoms with Crippen molar-refractivity contribution in [1.29, 1.82) is 0 Å². The molecule has 1 atom stereocenters. The van der Waals surface area contributed by atoms with Gasteiger partial charge in [-0.05, 0) is 38.7 Å². The fourth-order valence-electron chi connectivity index (χ4n) is 3.14. The Bertz CT molecular complexity index is 702. The van der Waals surface area contributed by atoms with E-state index in [-0.39, 0.29) is 0 Å². The molecular weight excluding hydrogens is 320 g/mol. The van der Waals surface area contributed by atoms with Gasteiger partial charge in [0.15, 0.2) is 0 Å². The number of aromatic nitrogens is 1. The molecule has 0 bridgehead atoms. The lowest BCUT2D eigenvalue weighted by Gasteiger charge is -2.22. The lowest BCUT2D eigenvalue weighted by Crippen LogP contribution is -2.37. The average Bonchev–Trinajstić information content (AvgIpc) is 2.88. The monoisotopic (exact) mass is 344 g/mol. The average molecular weight is 344 g/mol. The number of rotatable bonds is 7. The molecule has 0 spiro atoms. The number of carbonyl (C=O) groups is 1. The van der Waals surface area contributed by atoms with Crippen LogP contribution in [0.3, 0.4) is 0 Å². The molecule has 1 saturated carbocycles. The van der Waals surface area contributed by atoms with E-state index in [0.717, 1.165) is 10.4 Å². The minimum atomic E-state index is -0.808. The standard InChI is InChI=1S/C19H24N2O2S/c1-12-6-13(2)8-14(7-12)9-17(19(22)23)20-10-16-11-21-18(24-16)15-4-3-5-15/h6-8,11,15,17,20H,3-5,9-10H2,1-2H3,(H,22,23). The van der Waals surface area contributed by atoms with Gasteiger partial charge in [-0.3, -0.25) is 10.1 Å². The molecule has 1 aliphatic rings. The van der Waals surface area contributed by atoms with Gasteiger partial charge in [0.1, 0.15) is 6.04 Å². The van der Waals surface area contributed by atoms with Crippen LogP contribution < -0.4 is 5.32 Å². The molecule has 1 heterocycles. The van der Waals surface area contributed by atoms with E-state index >= 15 is 0 Å². The number of nitrogens with zero attached hydrogens (tertiary/aromatic N) is 1. The molecule has 4 nitrogen and oxygen atoms in total. The van der Waals surface area contributed by atoms with Gasteiger partial charge >= 0.3 is 5.97 Å². The number of benzene rings is 1. The number of carboxylic acid groups (broad SMARTS) is 1. The van der Waals surface area contributed by atoms with Crippen LogP contribution in [0.25, 0.3) is 0 Å². The largest absolute Gasteiger partial charge is 0.480 e. The summed E-state index contributed by atoms with van der Waals surface area (Å²) in [6, 6.07) is 5.64. The summed E-state index contributed by atoms with van der Waals surface area (Å²) >= 11 is 1.72. The van der Waals surface area contributed by atoms with E-state index in [9.17, 15) is 9.90 Å². The summed E-state index contributed by atoms with van der Waals surface area (Å²) in [6.45, 7) is 4.64. The fourth-order valence-corrected chi connectivity index (χ4v) is 4.18. The minimum Gasteiger partial charge on any atom is -0.480 e. The number of hydrogen-bond donors (Lipinski definition) is 2. The SMILES string of the molecule is Cc1cc(C)cc(CC(NCc2cnc(C3CCC3)s2)C(=O)O)c1. The van der Waals surface area contributed by atoms with Gasteiger partial charge in [-0.15, -0.1) is 11.3 Å². The van der Waals surface area contributed by atoms with Crippen molar-refractivity contribution in [3.8, 4) is 0 Å². The Labute approximate surface area is 146 Å². The molecule has 24 heavy (non-hydrogen) atoms. The molecule has 0 aliphatic heterocycles. The van der Waals surface area contributed by atoms with E-state index in [0.29, 0.717) is 18.9 Å². The van der Waals surface area contributed by atoms with Crippen molar-refractivity contribution >= 4 is 17.3 Å². The zero-order valence-electron chi connectivity index (χ0n) is 14.2.